The van der Waals surface area contributed by atoms with Crippen LogP contribution >= 0.6 is 0 Å². The van der Waals surface area contributed by atoms with Crippen LogP contribution in [0.1, 0.15) is 0 Å². The van der Waals surface area contributed by atoms with Gasteiger partial charge in [0.1, 0.15) is 0 Å². The normalized spacial score (nSPS) is 12.7. The summed E-state index contributed by atoms with van der Waals surface area (Å²) in [4.78, 5) is 0. The molecular weight excluding hydrogens is 228 g/mol. The SMILES string of the molecule is C=CCOS(=O)(=O)OS(=O)(=O)OO. The van der Waals surface area contributed by atoms with Crippen molar-refractivity contribution < 1.29 is 34.2 Å². The van der Waals surface area contributed by atoms with E-state index in [1.54, 1.807) is 0 Å². The fourth-order valence-electron chi connectivity index (χ4n) is 0.266. The van der Waals surface area contributed by atoms with Gasteiger partial charge in [-0.1, -0.05) is 14.0 Å². The quantitative estimate of drug-likeness (QED) is 0.360. The van der Waals surface area contributed by atoms with Crippen molar-refractivity contribution in [3.05, 3.63) is 12.7 Å². The van der Waals surface area contributed by atoms with Crippen LogP contribution < -0.4 is 0 Å². The van der Waals surface area contributed by atoms with Gasteiger partial charge in [0.2, 0.25) is 0 Å². The average Bonchev–Trinajstić information content (AvgIpc) is 1.99. The van der Waals surface area contributed by atoms with E-state index in [0.29, 0.717) is 0 Å². The lowest BCUT2D eigenvalue weighted by atomic mass is 10.7. The molecule has 78 valence electrons. The summed E-state index contributed by atoms with van der Waals surface area (Å²) in [5.74, 6) is 0. The van der Waals surface area contributed by atoms with E-state index in [1.165, 1.54) is 0 Å². The van der Waals surface area contributed by atoms with Gasteiger partial charge in [-0.3, -0.25) is 0 Å². The molecule has 0 rings (SSSR count). The molecule has 0 atom stereocenters. The highest BCUT2D eigenvalue weighted by molar-refractivity contribution is 7.95. The van der Waals surface area contributed by atoms with Crippen LogP contribution in [-0.2, 0) is 32.9 Å². The summed E-state index contributed by atoms with van der Waals surface area (Å²) in [6.07, 6.45) is 1.05. The average molecular weight is 234 g/mol. The maximum atomic E-state index is 10.5. The van der Waals surface area contributed by atoms with Crippen LogP contribution in [0.15, 0.2) is 12.7 Å². The van der Waals surface area contributed by atoms with Gasteiger partial charge in [0.15, 0.2) is 0 Å². The Morgan fingerprint density at radius 3 is 2.15 bits per heavy atom. The molecule has 0 spiro atoms. The molecule has 0 fully saturated rings. The van der Waals surface area contributed by atoms with Crippen molar-refractivity contribution in [2.75, 3.05) is 6.61 Å². The van der Waals surface area contributed by atoms with Crippen molar-refractivity contribution in [3.63, 3.8) is 0 Å². The summed E-state index contributed by atoms with van der Waals surface area (Å²) in [5.41, 5.74) is 0. The third-order valence-electron chi connectivity index (χ3n) is 0.588. The Balaban J connectivity index is 4.44. The predicted octanol–water partition coefficient (Wildman–Crippen LogP) is -0.815. The second kappa shape index (κ2) is 4.64. The topological polar surface area (TPSA) is 116 Å². The molecule has 0 aromatic heterocycles. The number of hydrogen-bond donors (Lipinski definition) is 1. The second-order valence-electron chi connectivity index (χ2n) is 1.53. The van der Waals surface area contributed by atoms with Crippen molar-refractivity contribution in [2.45, 2.75) is 0 Å². The first-order valence-corrected chi connectivity index (χ1v) is 5.29. The molecule has 0 amide bonds. The monoisotopic (exact) mass is 234 g/mol. The van der Waals surface area contributed by atoms with Crippen molar-refractivity contribution >= 4 is 20.8 Å². The molecule has 0 unspecified atom stereocenters. The fourth-order valence-corrected chi connectivity index (χ4v) is 1.60. The Hall–Kier alpha value is -0.520. The third-order valence-corrected chi connectivity index (χ3v) is 2.53. The molecule has 0 aromatic rings. The van der Waals surface area contributed by atoms with E-state index in [9.17, 15) is 16.8 Å². The van der Waals surface area contributed by atoms with Crippen molar-refractivity contribution in [2.24, 2.45) is 0 Å². The summed E-state index contributed by atoms with van der Waals surface area (Å²) in [7, 11) is -9.76. The molecule has 0 aromatic carbocycles. The first-order valence-electron chi connectivity index (χ1n) is 2.62. The molecule has 13 heavy (non-hydrogen) atoms. The molecule has 0 aliphatic carbocycles. The summed E-state index contributed by atoms with van der Waals surface area (Å²) >= 11 is 0. The van der Waals surface area contributed by atoms with Gasteiger partial charge in [0.05, 0.1) is 6.61 Å². The van der Waals surface area contributed by atoms with E-state index in [2.05, 4.69) is 18.7 Å². The van der Waals surface area contributed by atoms with Gasteiger partial charge < -0.3 is 0 Å². The van der Waals surface area contributed by atoms with Gasteiger partial charge in [-0.15, -0.1) is 6.58 Å². The van der Waals surface area contributed by atoms with Gasteiger partial charge in [-0.25, -0.2) is 9.44 Å². The largest absolute Gasteiger partial charge is 0.442 e. The molecule has 10 heteroatoms. The molecule has 0 saturated heterocycles. The second-order valence-corrected chi connectivity index (χ2v) is 4.09. The molecule has 0 bridgehead atoms. The molecule has 0 radical (unpaired) electrons. The Morgan fingerprint density at radius 1 is 1.23 bits per heavy atom. The minimum absolute atomic E-state index is 0.469. The highest BCUT2D eigenvalue weighted by Crippen LogP contribution is 2.03. The van der Waals surface area contributed by atoms with Crippen LogP contribution in [0.5, 0.6) is 0 Å². The Kier molecular flexibility index (Phi) is 4.46. The lowest BCUT2D eigenvalue weighted by Crippen LogP contribution is -2.17. The maximum Gasteiger partial charge on any atom is 0.442 e. The van der Waals surface area contributed by atoms with Crippen LogP contribution in [0.2, 0.25) is 0 Å². The molecule has 0 saturated carbocycles. The lowest BCUT2D eigenvalue weighted by molar-refractivity contribution is -0.138. The van der Waals surface area contributed by atoms with Crippen LogP contribution in [0.3, 0.4) is 0 Å². The fraction of sp³-hybridized carbons (Fsp3) is 0.333. The standard InChI is InChI=1S/C3H6O8S2/c1-2-3-9-12(5,6)11-13(7,8)10-4/h2,4H,1,3H2. The summed E-state index contributed by atoms with van der Waals surface area (Å²) in [6, 6.07) is 0. The van der Waals surface area contributed by atoms with E-state index in [4.69, 9.17) is 5.26 Å². The highest BCUT2D eigenvalue weighted by Gasteiger charge is 2.24. The van der Waals surface area contributed by atoms with E-state index in [-0.39, 0.29) is 0 Å². The van der Waals surface area contributed by atoms with E-state index < -0.39 is 27.4 Å². The van der Waals surface area contributed by atoms with Gasteiger partial charge in [0, 0.05) is 0 Å². The van der Waals surface area contributed by atoms with Crippen LogP contribution in [0.25, 0.3) is 0 Å². The van der Waals surface area contributed by atoms with Gasteiger partial charge >= 0.3 is 20.8 Å². The van der Waals surface area contributed by atoms with Gasteiger partial charge in [-0.05, 0) is 0 Å². The minimum Gasteiger partial charge on any atom is -0.243 e. The molecule has 8 nitrogen and oxygen atoms in total. The van der Waals surface area contributed by atoms with Crippen LogP contribution in [0.4, 0.5) is 0 Å². The Labute approximate surface area is 74.9 Å². The number of rotatable bonds is 6. The molecule has 0 heterocycles. The first-order chi connectivity index (χ1) is 5.83. The van der Waals surface area contributed by atoms with Gasteiger partial charge in [0.25, 0.3) is 0 Å². The molecular formula is C3H6O8S2. The van der Waals surface area contributed by atoms with E-state index >= 15 is 0 Å². The molecule has 0 aliphatic heterocycles. The summed E-state index contributed by atoms with van der Waals surface area (Å²) in [5, 5.41) is 7.63. The van der Waals surface area contributed by atoms with Crippen LogP contribution in [-0.4, -0.2) is 28.7 Å². The zero-order valence-electron chi connectivity index (χ0n) is 6.11. The summed E-state index contributed by atoms with van der Waals surface area (Å²) < 4.78 is 51.3. The number of hydrogen-bond acceptors (Lipinski definition) is 8. The van der Waals surface area contributed by atoms with Crippen LogP contribution in [0, 0.1) is 0 Å². The van der Waals surface area contributed by atoms with Crippen molar-refractivity contribution in [1.82, 2.24) is 0 Å². The maximum absolute atomic E-state index is 10.5. The lowest BCUT2D eigenvalue weighted by Gasteiger charge is -2.00. The zero-order chi connectivity index (χ0) is 10.5. The smallest absolute Gasteiger partial charge is 0.243 e. The Bertz CT molecular complexity index is 349. The Morgan fingerprint density at radius 2 is 1.77 bits per heavy atom. The highest BCUT2D eigenvalue weighted by atomic mass is 32.3. The predicted molar refractivity (Wildman–Crippen MR) is 38.8 cm³/mol. The van der Waals surface area contributed by atoms with Crippen molar-refractivity contribution in [1.29, 1.82) is 0 Å². The van der Waals surface area contributed by atoms with E-state index in [1.807, 2.05) is 0 Å². The first kappa shape index (κ1) is 12.5. The third kappa shape index (κ3) is 5.68. The molecule has 0 aliphatic rings. The summed E-state index contributed by atoms with van der Waals surface area (Å²) in [6.45, 7) is 2.64. The van der Waals surface area contributed by atoms with Crippen molar-refractivity contribution in [3.8, 4) is 0 Å². The molecule has 1 N–H and O–H groups in total. The van der Waals surface area contributed by atoms with Gasteiger partial charge in [-0.2, -0.15) is 16.8 Å². The zero-order valence-corrected chi connectivity index (χ0v) is 7.75. The van der Waals surface area contributed by atoms with E-state index in [0.717, 1.165) is 6.08 Å². The minimum atomic E-state index is -5.00.